The lowest BCUT2D eigenvalue weighted by Gasteiger charge is -2.25. The summed E-state index contributed by atoms with van der Waals surface area (Å²) in [4.78, 5) is 29.6. The van der Waals surface area contributed by atoms with Crippen LogP contribution in [0.15, 0.2) is 12.1 Å². The van der Waals surface area contributed by atoms with Gasteiger partial charge in [-0.3, -0.25) is 9.59 Å². The van der Waals surface area contributed by atoms with Gasteiger partial charge in [-0.15, -0.1) is 0 Å². The predicted octanol–water partition coefficient (Wildman–Crippen LogP) is 1.72. The number of ether oxygens (including phenoxy) is 1. The molecule has 0 spiro atoms. The normalized spacial score (nSPS) is 15.4. The number of amides is 1. The van der Waals surface area contributed by atoms with E-state index < -0.39 is 11.9 Å². The first-order valence-electron chi connectivity index (χ1n) is 6.99. The van der Waals surface area contributed by atoms with Crippen LogP contribution < -0.4 is 4.74 Å². The van der Waals surface area contributed by atoms with E-state index in [0.29, 0.717) is 5.56 Å². The fourth-order valence-corrected chi connectivity index (χ4v) is 2.16. The molecule has 1 atom stereocenters. The third-order valence-corrected chi connectivity index (χ3v) is 3.56. The van der Waals surface area contributed by atoms with Crippen LogP contribution in [0.1, 0.15) is 35.8 Å². The zero-order valence-electron chi connectivity index (χ0n) is 12.5. The predicted molar refractivity (Wildman–Crippen MR) is 76.4 cm³/mol. The van der Waals surface area contributed by atoms with Crippen molar-refractivity contribution in [2.75, 3.05) is 13.7 Å². The van der Waals surface area contributed by atoms with E-state index in [2.05, 4.69) is 4.98 Å². The molecule has 2 rings (SSSR count). The molecule has 1 unspecified atom stereocenters. The number of hydrogen-bond donors (Lipinski definition) is 1. The van der Waals surface area contributed by atoms with Gasteiger partial charge in [0.05, 0.1) is 13.0 Å². The first-order chi connectivity index (χ1) is 9.93. The fourth-order valence-electron chi connectivity index (χ4n) is 2.16. The number of pyridine rings is 1. The van der Waals surface area contributed by atoms with Crippen molar-refractivity contribution in [1.29, 1.82) is 0 Å². The van der Waals surface area contributed by atoms with Gasteiger partial charge in [0.25, 0.3) is 5.91 Å². The van der Waals surface area contributed by atoms with Crippen LogP contribution in [0.2, 0.25) is 0 Å². The number of aliphatic carboxylic acids is 1. The Bertz CT molecular complexity index is 555. The summed E-state index contributed by atoms with van der Waals surface area (Å²) in [5.41, 5.74) is 1.15. The Morgan fingerprint density at radius 3 is 2.67 bits per heavy atom. The number of carbonyl (C=O) groups excluding carboxylic acids is 1. The molecular formula is C15H20N2O4. The van der Waals surface area contributed by atoms with Crippen molar-refractivity contribution in [3.63, 3.8) is 0 Å². The highest BCUT2D eigenvalue weighted by molar-refractivity contribution is 5.97. The molecule has 1 aromatic rings. The molecule has 1 aromatic heterocycles. The molecule has 21 heavy (non-hydrogen) atoms. The summed E-state index contributed by atoms with van der Waals surface area (Å²) in [7, 11) is 1.47. The van der Waals surface area contributed by atoms with Crippen molar-refractivity contribution < 1.29 is 19.4 Å². The fraction of sp³-hybridized carbons (Fsp3) is 0.533. The first-order valence-corrected chi connectivity index (χ1v) is 6.99. The molecule has 6 nitrogen and oxygen atoms in total. The smallest absolute Gasteiger partial charge is 0.308 e. The zero-order chi connectivity index (χ0) is 15.6. The van der Waals surface area contributed by atoms with E-state index in [1.165, 1.54) is 7.11 Å². The summed E-state index contributed by atoms with van der Waals surface area (Å²) >= 11 is 0. The monoisotopic (exact) mass is 292 g/mol. The third-order valence-electron chi connectivity index (χ3n) is 3.56. The van der Waals surface area contributed by atoms with Gasteiger partial charge in [0, 0.05) is 18.3 Å². The molecule has 1 aliphatic carbocycles. The molecule has 1 amide bonds. The Morgan fingerprint density at radius 1 is 1.48 bits per heavy atom. The summed E-state index contributed by atoms with van der Waals surface area (Å²) in [6.45, 7) is 3.63. The molecular weight excluding hydrogens is 272 g/mol. The van der Waals surface area contributed by atoms with Crippen molar-refractivity contribution in [2.45, 2.75) is 32.7 Å². The largest absolute Gasteiger partial charge is 0.481 e. The second-order valence-electron chi connectivity index (χ2n) is 5.44. The van der Waals surface area contributed by atoms with Crippen LogP contribution >= 0.6 is 0 Å². The third kappa shape index (κ3) is 3.51. The van der Waals surface area contributed by atoms with Crippen LogP contribution in [0.3, 0.4) is 0 Å². The highest BCUT2D eigenvalue weighted by Gasteiger charge is 2.36. The van der Waals surface area contributed by atoms with E-state index in [1.54, 1.807) is 24.0 Å². The lowest BCUT2D eigenvalue weighted by Crippen LogP contribution is -2.38. The molecule has 0 aliphatic heterocycles. The highest BCUT2D eigenvalue weighted by atomic mass is 16.5. The number of aryl methyl sites for hydroxylation is 1. The molecule has 1 N–H and O–H groups in total. The van der Waals surface area contributed by atoms with Gasteiger partial charge in [-0.25, -0.2) is 4.98 Å². The average Bonchev–Trinajstić information content (AvgIpc) is 3.27. The van der Waals surface area contributed by atoms with Gasteiger partial charge in [-0.2, -0.15) is 0 Å². The van der Waals surface area contributed by atoms with Crippen molar-refractivity contribution in [3.8, 4) is 5.88 Å². The lowest BCUT2D eigenvalue weighted by atomic mass is 10.1. The van der Waals surface area contributed by atoms with Crippen LogP contribution in [0.4, 0.5) is 0 Å². The summed E-state index contributed by atoms with van der Waals surface area (Å²) in [5, 5.41) is 9.05. The van der Waals surface area contributed by atoms with E-state index in [9.17, 15) is 9.59 Å². The number of carboxylic acids is 1. The molecule has 1 fully saturated rings. The highest BCUT2D eigenvalue weighted by Crippen LogP contribution is 2.30. The number of rotatable bonds is 6. The van der Waals surface area contributed by atoms with Crippen LogP contribution in [0, 0.1) is 12.8 Å². The minimum atomic E-state index is -0.901. The average molecular weight is 292 g/mol. The number of carbonyl (C=O) groups is 2. The van der Waals surface area contributed by atoms with Gasteiger partial charge in [0.1, 0.15) is 5.56 Å². The molecule has 0 saturated heterocycles. The Kier molecular flexibility index (Phi) is 4.45. The van der Waals surface area contributed by atoms with Crippen LogP contribution in [-0.2, 0) is 4.79 Å². The van der Waals surface area contributed by atoms with Crippen molar-refractivity contribution in [1.82, 2.24) is 9.88 Å². The summed E-state index contributed by atoms with van der Waals surface area (Å²) in [5.74, 6) is -1.43. The number of methoxy groups -OCH3 is 1. The summed E-state index contributed by atoms with van der Waals surface area (Å²) in [6.07, 6.45) is 1.83. The quantitative estimate of drug-likeness (QED) is 0.863. The molecule has 1 aliphatic rings. The number of hydrogen-bond acceptors (Lipinski definition) is 4. The lowest BCUT2D eigenvalue weighted by molar-refractivity contribution is -0.141. The van der Waals surface area contributed by atoms with E-state index in [0.717, 1.165) is 18.5 Å². The second kappa shape index (κ2) is 6.11. The second-order valence-corrected chi connectivity index (χ2v) is 5.44. The van der Waals surface area contributed by atoms with Crippen LogP contribution in [0.25, 0.3) is 0 Å². The van der Waals surface area contributed by atoms with E-state index in [1.807, 2.05) is 6.92 Å². The molecule has 6 heteroatoms. The zero-order valence-corrected chi connectivity index (χ0v) is 12.5. The van der Waals surface area contributed by atoms with E-state index in [-0.39, 0.29) is 24.4 Å². The maximum atomic E-state index is 12.7. The molecule has 1 heterocycles. The van der Waals surface area contributed by atoms with Gasteiger partial charge >= 0.3 is 5.97 Å². The molecule has 114 valence electrons. The number of nitrogens with zero attached hydrogens (tertiary/aromatic N) is 2. The Labute approximate surface area is 123 Å². The minimum absolute atomic E-state index is 0.130. The van der Waals surface area contributed by atoms with Gasteiger partial charge in [0.15, 0.2) is 0 Å². The van der Waals surface area contributed by atoms with Gasteiger partial charge in [0.2, 0.25) is 5.88 Å². The van der Waals surface area contributed by atoms with Crippen LogP contribution in [-0.4, -0.2) is 46.6 Å². The number of carboxylic acid groups (broad SMARTS) is 1. The van der Waals surface area contributed by atoms with Gasteiger partial charge in [-0.1, -0.05) is 6.92 Å². The summed E-state index contributed by atoms with van der Waals surface area (Å²) in [6, 6.07) is 3.57. The van der Waals surface area contributed by atoms with Gasteiger partial charge in [-0.05, 0) is 31.9 Å². The van der Waals surface area contributed by atoms with Crippen molar-refractivity contribution >= 4 is 11.9 Å². The van der Waals surface area contributed by atoms with Crippen molar-refractivity contribution in [3.05, 3.63) is 23.4 Å². The maximum absolute atomic E-state index is 12.7. The Hall–Kier alpha value is -2.11. The molecule has 0 radical (unpaired) electrons. The van der Waals surface area contributed by atoms with Gasteiger partial charge < -0.3 is 14.7 Å². The first kappa shape index (κ1) is 15.3. The SMILES string of the molecule is COc1nc(C)ccc1C(=O)N(CC(C)C(=O)O)C1CC1. The van der Waals surface area contributed by atoms with Crippen molar-refractivity contribution in [2.24, 2.45) is 5.92 Å². The van der Waals surface area contributed by atoms with E-state index >= 15 is 0 Å². The Morgan fingerprint density at radius 2 is 2.14 bits per heavy atom. The molecule has 0 aromatic carbocycles. The molecule has 1 saturated carbocycles. The summed E-state index contributed by atoms with van der Waals surface area (Å²) < 4.78 is 5.18. The minimum Gasteiger partial charge on any atom is -0.481 e. The maximum Gasteiger partial charge on any atom is 0.308 e. The van der Waals surface area contributed by atoms with Crippen LogP contribution in [0.5, 0.6) is 5.88 Å². The number of aromatic nitrogens is 1. The topological polar surface area (TPSA) is 79.7 Å². The Balaban J connectivity index is 2.24. The standard InChI is InChI=1S/C15H20N2O4/c1-9(15(19)20)8-17(11-5-6-11)14(18)12-7-4-10(2)16-13(12)21-3/h4,7,9,11H,5-6,8H2,1-3H3,(H,19,20). The van der Waals surface area contributed by atoms with E-state index in [4.69, 9.17) is 9.84 Å². The molecule has 0 bridgehead atoms.